The van der Waals surface area contributed by atoms with E-state index in [2.05, 4.69) is 17.5 Å². The number of fused-ring (bicyclic) bond motifs is 5. The molecule has 2 aromatic rings. The van der Waals surface area contributed by atoms with Gasteiger partial charge in [-0.25, -0.2) is 0 Å². The van der Waals surface area contributed by atoms with E-state index < -0.39 is 0 Å². The maximum atomic E-state index is 12.9. The van der Waals surface area contributed by atoms with Gasteiger partial charge >= 0.3 is 0 Å². The predicted molar refractivity (Wildman–Crippen MR) is 108 cm³/mol. The molecule has 2 bridgehead atoms. The van der Waals surface area contributed by atoms with Gasteiger partial charge in [-0.2, -0.15) is 0 Å². The fourth-order valence-electron chi connectivity index (χ4n) is 4.82. The third-order valence-electron chi connectivity index (χ3n) is 6.19. The van der Waals surface area contributed by atoms with Gasteiger partial charge in [0.2, 0.25) is 11.8 Å². The number of ether oxygens (including phenoxy) is 1. The molecule has 146 valence electrons. The number of methoxy groups -OCH3 is 1. The van der Waals surface area contributed by atoms with Crippen LogP contribution < -0.4 is 15.0 Å². The van der Waals surface area contributed by atoms with Crippen molar-refractivity contribution in [2.24, 2.45) is 23.7 Å². The Kier molecular flexibility index (Phi) is 4.01. The summed E-state index contributed by atoms with van der Waals surface area (Å²) < 4.78 is 5.16. The van der Waals surface area contributed by atoms with E-state index >= 15 is 0 Å². The van der Waals surface area contributed by atoms with Gasteiger partial charge in [-0.05, 0) is 54.7 Å². The largest absolute Gasteiger partial charge is 0.497 e. The molecule has 6 heteroatoms. The summed E-state index contributed by atoms with van der Waals surface area (Å²) in [5.41, 5.74) is 1.59. The van der Waals surface area contributed by atoms with Crippen LogP contribution in [0.1, 0.15) is 16.8 Å². The average molecular weight is 388 g/mol. The van der Waals surface area contributed by atoms with E-state index in [9.17, 15) is 14.4 Å². The van der Waals surface area contributed by atoms with Crippen LogP contribution in [0.5, 0.6) is 5.75 Å². The second-order valence-corrected chi connectivity index (χ2v) is 7.74. The lowest BCUT2D eigenvalue weighted by atomic mass is 9.85. The van der Waals surface area contributed by atoms with Crippen molar-refractivity contribution in [3.8, 4) is 5.75 Å². The van der Waals surface area contributed by atoms with Crippen molar-refractivity contribution in [1.82, 2.24) is 0 Å². The summed E-state index contributed by atoms with van der Waals surface area (Å²) >= 11 is 0. The first-order valence-corrected chi connectivity index (χ1v) is 9.68. The summed E-state index contributed by atoms with van der Waals surface area (Å²) in [5.74, 6) is 0.0397. The number of hydrogen-bond acceptors (Lipinski definition) is 4. The quantitative estimate of drug-likeness (QED) is 0.644. The molecule has 2 fully saturated rings. The fraction of sp³-hybridized carbons (Fsp3) is 0.261. The molecule has 1 N–H and O–H groups in total. The molecule has 3 aliphatic rings. The summed E-state index contributed by atoms with van der Waals surface area (Å²) in [4.78, 5) is 39.6. The fourth-order valence-corrected chi connectivity index (χ4v) is 4.82. The van der Waals surface area contributed by atoms with Crippen molar-refractivity contribution >= 4 is 29.1 Å². The van der Waals surface area contributed by atoms with Gasteiger partial charge in [-0.15, -0.1) is 0 Å². The monoisotopic (exact) mass is 388 g/mol. The van der Waals surface area contributed by atoms with Gasteiger partial charge in [0, 0.05) is 17.3 Å². The van der Waals surface area contributed by atoms with E-state index in [1.807, 2.05) is 0 Å². The molecule has 29 heavy (non-hydrogen) atoms. The number of imide groups is 1. The summed E-state index contributed by atoms with van der Waals surface area (Å²) in [6.45, 7) is 0. The average Bonchev–Trinajstić information content (AvgIpc) is 3.42. The third-order valence-corrected chi connectivity index (χ3v) is 6.19. The molecule has 1 saturated heterocycles. The van der Waals surface area contributed by atoms with E-state index in [-0.39, 0.29) is 41.4 Å². The Balaban J connectivity index is 1.33. The molecule has 1 saturated carbocycles. The second kappa shape index (κ2) is 6.58. The molecule has 0 radical (unpaired) electrons. The zero-order valence-electron chi connectivity index (χ0n) is 15.9. The SMILES string of the molecule is COc1cccc(NC(=O)c2ccc(N3C(=O)[C@@H]4[C@@H](C3=O)[C@H]3C=C[C@@H]4C3)cc2)c1. The highest BCUT2D eigenvalue weighted by Crippen LogP contribution is 2.53. The Hall–Kier alpha value is -3.41. The van der Waals surface area contributed by atoms with Crippen LogP contribution in [-0.2, 0) is 9.59 Å². The van der Waals surface area contributed by atoms with Gasteiger partial charge in [0.25, 0.3) is 5.91 Å². The zero-order chi connectivity index (χ0) is 20.1. The standard InChI is InChI=1S/C23H20N2O4/c1-29-18-4-2-3-16(12-18)24-21(26)13-7-9-17(10-8-13)25-22(27)19-14-5-6-15(11-14)20(19)23(25)28/h2-10,12,14-15,19-20H,11H2,1H3,(H,24,26)/t14-,15+,19-,20-/m0/s1. The number of nitrogens with zero attached hydrogens (tertiary/aromatic N) is 1. The van der Waals surface area contributed by atoms with Crippen LogP contribution in [-0.4, -0.2) is 24.8 Å². The van der Waals surface area contributed by atoms with Crippen LogP contribution in [0, 0.1) is 23.7 Å². The van der Waals surface area contributed by atoms with E-state index in [4.69, 9.17) is 4.74 Å². The first-order valence-electron chi connectivity index (χ1n) is 9.68. The first-order chi connectivity index (χ1) is 14.1. The van der Waals surface area contributed by atoms with Gasteiger partial charge in [-0.1, -0.05) is 18.2 Å². The van der Waals surface area contributed by atoms with Gasteiger partial charge in [0.05, 0.1) is 24.6 Å². The normalized spacial score (nSPS) is 26.7. The number of carbonyl (C=O) groups is 3. The molecule has 0 unspecified atom stereocenters. The van der Waals surface area contributed by atoms with Crippen molar-refractivity contribution in [3.05, 3.63) is 66.2 Å². The van der Waals surface area contributed by atoms with Crippen LogP contribution in [0.15, 0.2) is 60.7 Å². The highest BCUT2D eigenvalue weighted by Gasteiger charge is 2.59. The molecule has 1 aliphatic heterocycles. The molecule has 2 aliphatic carbocycles. The number of benzene rings is 2. The zero-order valence-corrected chi connectivity index (χ0v) is 15.9. The van der Waals surface area contributed by atoms with Gasteiger partial charge in [0.1, 0.15) is 5.75 Å². The summed E-state index contributed by atoms with van der Waals surface area (Å²) in [5, 5.41) is 2.82. The van der Waals surface area contributed by atoms with Crippen molar-refractivity contribution < 1.29 is 19.1 Å². The first kappa shape index (κ1) is 17.7. The number of hydrogen-bond donors (Lipinski definition) is 1. The maximum Gasteiger partial charge on any atom is 0.255 e. The molecule has 3 amide bonds. The Bertz CT molecular complexity index is 1010. The molecule has 0 spiro atoms. The summed E-state index contributed by atoms with van der Waals surface area (Å²) in [6, 6.07) is 13.7. The number of amides is 3. The summed E-state index contributed by atoms with van der Waals surface area (Å²) in [6.07, 6.45) is 5.06. The Morgan fingerprint density at radius 3 is 2.28 bits per heavy atom. The van der Waals surface area contributed by atoms with Crippen molar-refractivity contribution in [2.75, 3.05) is 17.3 Å². The van der Waals surface area contributed by atoms with E-state index in [0.717, 1.165) is 6.42 Å². The van der Waals surface area contributed by atoms with E-state index in [0.29, 0.717) is 22.7 Å². The van der Waals surface area contributed by atoms with E-state index in [1.54, 1.807) is 55.6 Å². The maximum absolute atomic E-state index is 12.9. The van der Waals surface area contributed by atoms with Crippen LogP contribution in [0.25, 0.3) is 0 Å². The van der Waals surface area contributed by atoms with Crippen LogP contribution >= 0.6 is 0 Å². The molecular weight excluding hydrogens is 368 g/mol. The molecule has 5 rings (SSSR count). The lowest BCUT2D eigenvalue weighted by Gasteiger charge is -2.17. The molecule has 4 atom stereocenters. The number of carbonyl (C=O) groups excluding carboxylic acids is 3. The minimum absolute atomic E-state index is 0.120. The molecule has 2 aromatic carbocycles. The molecule has 1 heterocycles. The van der Waals surface area contributed by atoms with Crippen LogP contribution in [0.3, 0.4) is 0 Å². The highest BCUT2D eigenvalue weighted by molar-refractivity contribution is 6.23. The van der Waals surface area contributed by atoms with E-state index in [1.165, 1.54) is 4.90 Å². The van der Waals surface area contributed by atoms with Crippen molar-refractivity contribution in [3.63, 3.8) is 0 Å². The van der Waals surface area contributed by atoms with Gasteiger partial charge < -0.3 is 10.1 Å². The highest BCUT2D eigenvalue weighted by atomic mass is 16.5. The molecular formula is C23H20N2O4. The lowest BCUT2D eigenvalue weighted by molar-refractivity contribution is -0.123. The van der Waals surface area contributed by atoms with Crippen molar-refractivity contribution in [2.45, 2.75) is 6.42 Å². The number of nitrogens with one attached hydrogen (secondary N) is 1. The Morgan fingerprint density at radius 2 is 1.66 bits per heavy atom. The molecule has 0 aromatic heterocycles. The minimum atomic E-state index is -0.275. The van der Waals surface area contributed by atoms with Gasteiger partial charge in [0.15, 0.2) is 0 Å². The minimum Gasteiger partial charge on any atom is -0.497 e. The van der Waals surface area contributed by atoms with Crippen molar-refractivity contribution in [1.29, 1.82) is 0 Å². The number of allylic oxidation sites excluding steroid dienone is 2. The van der Waals surface area contributed by atoms with Crippen LogP contribution in [0.2, 0.25) is 0 Å². The predicted octanol–water partition coefficient (Wildman–Crippen LogP) is 3.26. The lowest BCUT2D eigenvalue weighted by Crippen LogP contribution is -2.32. The number of anilines is 2. The molecule has 6 nitrogen and oxygen atoms in total. The Labute approximate surface area is 168 Å². The second-order valence-electron chi connectivity index (χ2n) is 7.74. The Morgan fingerprint density at radius 1 is 1.00 bits per heavy atom. The smallest absolute Gasteiger partial charge is 0.255 e. The number of rotatable bonds is 4. The summed E-state index contributed by atoms with van der Waals surface area (Å²) in [7, 11) is 1.57. The van der Waals surface area contributed by atoms with Crippen LogP contribution in [0.4, 0.5) is 11.4 Å². The topological polar surface area (TPSA) is 75.7 Å². The van der Waals surface area contributed by atoms with Gasteiger partial charge in [-0.3, -0.25) is 19.3 Å². The third kappa shape index (κ3) is 2.75.